The molecule has 0 aromatic heterocycles. The zero-order chi connectivity index (χ0) is 7.40. The van der Waals surface area contributed by atoms with Gasteiger partial charge < -0.3 is 0 Å². The van der Waals surface area contributed by atoms with Crippen LogP contribution < -0.4 is 21.7 Å². The summed E-state index contributed by atoms with van der Waals surface area (Å²) in [6.07, 6.45) is -0.337. The van der Waals surface area contributed by atoms with Crippen molar-refractivity contribution in [3.63, 3.8) is 0 Å². The number of carbonyl (C=O) groups excluding carboxylic acids is 2. The van der Waals surface area contributed by atoms with E-state index in [1.165, 1.54) is 0 Å². The van der Waals surface area contributed by atoms with Crippen molar-refractivity contribution in [1.82, 2.24) is 21.7 Å². The molecule has 1 aliphatic rings. The molecule has 1 fully saturated rings. The number of hydrogen-bond acceptors (Lipinski definition) is 6. The fourth-order valence-corrected chi connectivity index (χ4v) is 0.611. The number of rotatable bonds is 2. The van der Waals surface area contributed by atoms with Crippen LogP contribution in [0.1, 0.15) is 0 Å². The summed E-state index contributed by atoms with van der Waals surface area (Å²) in [6.45, 7) is 0.442. The number of aldehydes is 1. The number of nitrogens with one attached hydrogen (secondary N) is 4. The van der Waals surface area contributed by atoms with E-state index in [0.29, 0.717) is 6.67 Å². The van der Waals surface area contributed by atoms with Crippen LogP contribution in [0.25, 0.3) is 0 Å². The Hall–Kier alpha value is -0.820. The summed E-state index contributed by atoms with van der Waals surface area (Å²) in [4.78, 5) is 20.5. The molecule has 0 bridgehead atoms. The van der Waals surface area contributed by atoms with Crippen LogP contribution in [0.4, 0.5) is 0 Å². The second-order valence-corrected chi connectivity index (χ2v) is 1.78. The van der Waals surface area contributed by atoms with Crippen molar-refractivity contribution in [3.05, 3.63) is 0 Å². The van der Waals surface area contributed by atoms with E-state index in [1.54, 1.807) is 0 Å². The molecule has 1 saturated heterocycles. The normalized spacial score (nSPS) is 25.8. The van der Waals surface area contributed by atoms with E-state index in [-0.39, 0.29) is 6.29 Å². The Balaban J connectivity index is 2.38. The predicted octanol–water partition coefficient (Wildman–Crippen LogP) is -2.76. The van der Waals surface area contributed by atoms with Crippen molar-refractivity contribution in [3.8, 4) is 0 Å². The molecule has 1 atom stereocenters. The van der Waals surface area contributed by atoms with Gasteiger partial charge in [-0.2, -0.15) is 5.53 Å². The van der Waals surface area contributed by atoms with Crippen LogP contribution >= 0.6 is 0 Å². The van der Waals surface area contributed by atoms with Gasteiger partial charge in [0.2, 0.25) is 5.78 Å². The van der Waals surface area contributed by atoms with Crippen molar-refractivity contribution in [2.24, 2.45) is 0 Å². The van der Waals surface area contributed by atoms with E-state index >= 15 is 0 Å². The van der Waals surface area contributed by atoms with Gasteiger partial charge in [-0.1, -0.05) is 0 Å². The smallest absolute Gasteiger partial charge is 0.227 e. The lowest BCUT2D eigenvalue weighted by Gasteiger charge is -2.23. The second kappa shape index (κ2) is 3.37. The Bertz CT molecular complexity index is 142. The minimum absolute atomic E-state index is 0.275. The average Bonchev–Trinajstić information content (AvgIpc) is 2.05. The number of ketones is 1. The summed E-state index contributed by atoms with van der Waals surface area (Å²) < 4.78 is 0. The minimum Gasteiger partial charge on any atom is -0.294 e. The van der Waals surface area contributed by atoms with Gasteiger partial charge in [0.05, 0.1) is 6.67 Å². The van der Waals surface area contributed by atoms with Crippen LogP contribution in [-0.4, -0.2) is 24.9 Å². The van der Waals surface area contributed by atoms with E-state index in [4.69, 9.17) is 0 Å². The number of hydrogen-bond donors (Lipinski definition) is 4. The first-order valence-electron chi connectivity index (χ1n) is 2.80. The third-order valence-electron chi connectivity index (χ3n) is 1.10. The molecule has 4 N–H and O–H groups in total. The molecule has 0 saturated carbocycles. The largest absolute Gasteiger partial charge is 0.294 e. The molecule has 0 aliphatic carbocycles. The zero-order valence-corrected chi connectivity index (χ0v) is 5.18. The monoisotopic (exact) mass is 144 g/mol. The van der Waals surface area contributed by atoms with E-state index in [0.717, 1.165) is 0 Å². The number of Topliss-reactive ketones (excluding diaryl/α,β-unsaturated/α-hetero) is 1. The molecule has 6 nitrogen and oxygen atoms in total. The number of carbonyl (C=O) groups is 2. The van der Waals surface area contributed by atoms with E-state index in [2.05, 4.69) is 21.7 Å². The summed E-state index contributed by atoms with van der Waals surface area (Å²) >= 11 is 0. The molecule has 0 amide bonds. The maximum Gasteiger partial charge on any atom is 0.227 e. The molecule has 1 heterocycles. The highest BCUT2D eigenvalue weighted by Crippen LogP contribution is 1.77. The van der Waals surface area contributed by atoms with E-state index < -0.39 is 11.9 Å². The highest BCUT2D eigenvalue weighted by molar-refractivity contribution is 6.27. The van der Waals surface area contributed by atoms with Gasteiger partial charge in [0, 0.05) is 0 Å². The van der Waals surface area contributed by atoms with Gasteiger partial charge in [0.15, 0.2) is 6.29 Å². The van der Waals surface area contributed by atoms with Crippen LogP contribution in [0.3, 0.4) is 0 Å². The Morgan fingerprint density at radius 3 is 2.90 bits per heavy atom. The SMILES string of the molecule is O=CC(=O)C1NCNNN1. The van der Waals surface area contributed by atoms with Crippen molar-refractivity contribution < 1.29 is 9.59 Å². The molecule has 0 spiro atoms. The van der Waals surface area contributed by atoms with Crippen LogP contribution in [0.2, 0.25) is 0 Å². The first kappa shape index (κ1) is 7.29. The van der Waals surface area contributed by atoms with Gasteiger partial charge in [-0.3, -0.25) is 14.9 Å². The summed E-state index contributed by atoms with van der Waals surface area (Å²) in [7, 11) is 0. The first-order valence-corrected chi connectivity index (χ1v) is 2.80. The standard InChI is InChI=1S/C4H8N4O2/c9-1-3(10)4-5-2-6-8-7-4/h1,4-8H,2H2. The molecule has 1 unspecified atom stereocenters. The third kappa shape index (κ3) is 1.58. The molecular weight excluding hydrogens is 136 g/mol. The quantitative estimate of drug-likeness (QED) is 0.248. The van der Waals surface area contributed by atoms with Crippen LogP contribution in [-0.2, 0) is 9.59 Å². The van der Waals surface area contributed by atoms with Crippen molar-refractivity contribution in [2.45, 2.75) is 6.17 Å². The topological polar surface area (TPSA) is 82.3 Å². The maximum atomic E-state index is 10.6. The summed E-state index contributed by atoms with van der Waals surface area (Å²) in [5.74, 6) is -0.519. The minimum atomic E-state index is -0.612. The van der Waals surface area contributed by atoms with E-state index in [1.807, 2.05) is 0 Å². The van der Waals surface area contributed by atoms with Gasteiger partial charge in [0.1, 0.15) is 6.17 Å². The summed E-state index contributed by atoms with van der Waals surface area (Å²) in [5, 5.41) is 2.70. The molecule has 6 heteroatoms. The van der Waals surface area contributed by atoms with Crippen LogP contribution in [0.5, 0.6) is 0 Å². The zero-order valence-electron chi connectivity index (χ0n) is 5.18. The first-order chi connectivity index (χ1) is 4.84. The third-order valence-corrected chi connectivity index (χ3v) is 1.10. The molecule has 0 aromatic carbocycles. The van der Waals surface area contributed by atoms with Gasteiger partial charge in [-0.05, 0) is 0 Å². The van der Waals surface area contributed by atoms with Crippen LogP contribution in [0, 0.1) is 0 Å². The lowest BCUT2D eigenvalue weighted by molar-refractivity contribution is -0.132. The Kier molecular flexibility index (Phi) is 2.46. The lowest BCUT2D eigenvalue weighted by Crippen LogP contribution is -2.66. The predicted molar refractivity (Wildman–Crippen MR) is 32.3 cm³/mol. The fourth-order valence-electron chi connectivity index (χ4n) is 0.611. The Morgan fingerprint density at radius 2 is 2.40 bits per heavy atom. The van der Waals surface area contributed by atoms with Crippen molar-refractivity contribution >= 4 is 12.1 Å². The van der Waals surface area contributed by atoms with Gasteiger partial charge >= 0.3 is 0 Å². The molecule has 1 aliphatic heterocycles. The maximum absolute atomic E-state index is 10.6. The van der Waals surface area contributed by atoms with Crippen molar-refractivity contribution in [2.75, 3.05) is 6.67 Å². The van der Waals surface area contributed by atoms with Gasteiger partial charge in [-0.15, -0.1) is 0 Å². The lowest BCUT2D eigenvalue weighted by atomic mass is 10.3. The number of hydrazine groups is 2. The van der Waals surface area contributed by atoms with Crippen molar-refractivity contribution in [1.29, 1.82) is 0 Å². The average molecular weight is 144 g/mol. The molecule has 56 valence electrons. The summed E-state index contributed by atoms with van der Waals surface area (Å²) in [5.41, 5.74) is 7.68. The van der Waals surface area contributed by atoms with E-state index in [9.17, 15) is 9.59 Å². The molecule has 10 heavy (non-hydrogen) atoms. The van der Waals surface area contributed by atoms with Gasteiger partial charge in [-0.25, -0.2) is 10.9 Å². The molecule has 1 rings (SSSR count). The molecule has 0 aromatic rings. The highest BCUT2D eigenvalue weighted by Gasteiger charge is 2.17. The fraction of sp³-hybridized carbons (Fsp3) is 0.500. The van der Waals surface area contributed by atoms with Crippen LogP contribution in [0.15, 0.2) is 0 Å². The molecule has 0 radical (unpaired) electrons. The Labute approximate surface area is 57.3 Å². The summed E-state index contributed by atoms with van der Waals surface area (Å²) in [6, 6.07) is 0. The highest BCUT2D eigenvalue weighted by atomic mass is 16.2. The second-order valence-electron chi connectivity index (χ2n) is 1.78. The van der Waals surface area contributed by atoms with Gasteiger partial charge in [0.25, 0.3) is 0 Å². The molecular formula is C4H8N4O2. The Morgan fingerprint density at radius 1 is 1.60 bits per heavy atom.